The molecule has 1 saturated heterocycles. The summed E-state index contributed by atoms with van der Waals surface area (Å²) >= 11 is 3.04. The molecule has 0 unspecified atom stereocenters. The van der Waals surface area contributed by atoms with Crippen LogP contribution in [0, 0.1) is 11.6 Å². The Bertz CT molecular complexity index is 372. The first-order valence-corrected chi connectivity index (χ1v) is 5.44. The Hall–Kier alpha value is -0.230. The van der Waals surface area contributed by atoms with E-state index in [4.69, 9.17) is 4.74 Å². The lowest BCUT2D eigenvalue weighted by molar-refractivity contribution is 0.0745. The summed E-state index contributed by atoms with van der Waals surface area (Å²) < 4.78 is 32.6. The van der Waals surface area contributed by atoms with Crippen molar-refractivity contribution in [1.82, 2.24) is 5.32 Å². The zero-order valence-electron chi connectivity index (χ0n) is 8.30. The van der Waals surface area contributed by atoms with Crippen LogP contribution in [0.15, 0.2) is 16.6 Å². The van der Waals surface area contributed by atoms with Crippen molar-refractivity contribution < 1.29 is 13.5 Å². The Balaban J connectivity index is 0.00000128. The van der Waals surface area contributed by atoms with Gasteiger partial charge < -0.3 is 10.1 Å². The van der Waals surface area contributed by atoms with Crippen molar-refractivity contribution in [3.8, 4) is 0 Å². The van der Waals surface area contributed by atoms with Crippen molar-refractivity contribution >= 4 is 28.3 Å². The van der Waals surface area contributed by atoms with Gasteiger partial charge in [-0.25, -0.2) is 8.78 Å². The number of hydrogen-bond donors (Lipinski definition) is 1. The Morgan fingerprint density at radius 1 is 1.38 bits per heavy atom. The number of benzene rings is 1. The van der Waals surface area contributed by atoms with E-state index in [1.54, 1.807) is 0 Å². The van der Waals surface area contributed by atoms with Crippen LogP contribution in [0.4, 0.5) is 8.78 Å². The summed E-state index contributed by atoms with van der Waals surface area (Å²) in [5.74, 6) is -1.10. The standard InChI is InChI=1S/C10H10BrF2NO.ClH/c11-6-1-2-7(12)9(10(6)13)8-5-15-4-3-14-8;/h1-2,8,14H,3-5H2;1H/t8-;/m1./s1. The van der Waals surface area contributed by atoms with E-state index in [1.807, 2.05) is 0 Å². The molecule has 0 spiro atoms. The van der Waals surface area contributed by atoms with Gasteiger partial charge >= 0.3 is 0 Å². The highest BCUT2D eigenvalue weighted by molar-refractivity contribution is 9.10. The average Bonchev–Trinajstić information content (AvgIpc) is 2.26. The Morgan fingerprint density at radius 2 is 2.12 bits per heavy atom. The molecule has 1 aliphatic rings. The summed E-state index contributed by atoms with van der Waals surface area (Å²) in [4.78, 5) is 0. The minimum Gasteiger partial charge on any atom is -0.378 e. The number of morpholine rings is 1. The van der Waals surface area contributed by atoms with E-state index in [1.165, 1.54) is 12.1 Å². The number of rotatable bonds is 1. The molecule has 1 aromatic carbocycles. The number of nitrogens with one attached hydrogen (secondary N) is 1. The molecular weight excluding hydrogens is 303 g/mol. The fourth-order valence-electron chi connectivity index (χ4n) is 1.61. The maximum atomic E-state index is 13.7. The molecule has 1 aliphatic heterocycles. The summed E-state index contributed by atoms with van der Waals surface area (Å²) in [5.41, 5.74) is 0.0454. The summed E-state index contributed by atoms with van der Waals surface area (Å²) in [6, 6.07) is 2.20. The lowest BCUT2D eigenvalue weighted by atomic mass is 10.1. The predicted molar refractivity (Wildman–Crippen MR) is 62.9 cm³/mol. The number of halogens is 4. The van der Waals surface area contributed by atoms with Gasteiger partial charge in [-0.1, -0.05) is 0 Å². The van der Waals surface area contributed by atoms with Gasteiger partial charge in [-0.15, -0.1) is 12.4 Å². The molecule has 1 atom stereocenters. The molecule has 1 fully saturated rings. The monoisotopic (exact) mass is 313 g/mol. The van der Waals surface area contributed by atoms with E-state index in [9.17, 15) is 8.78 Å². The summed E-state index contributed by atoms with van der Waals surface area (Å²) in [6.07, 6.45) is 0. The van der Waals surface area contributed by atoms with Gasteiger partial charge in [0.2, 0.25) is 0 Å². The second kappa shape index (κ2) is 5.91. The Morgan fingerprint density at radius 3 is 2.75 bits per heavy atom. The van der Waals surface area contributed by atoms with Crippen molar-refractivity contribution in [2.75, 3.05) is 19.8 Å². The molecule has 0 bridgehead atoms. The molecule has 1 heterocycles. The first-order chi connectivity index (χ1) is 7.20. The van der Waals surface area contributed by atoms with Gasteiger partial charge in [0, 0.05) is 12.1 Å². The molecule has 1 N–H and O–H groups in total. The molecule has 16 heavy (non-hydrogen) atoms. The molecule has 0 radical (unpaired) electrons. The van der Waals surface area contributed by atoms with Gasteiger partial charge in [0.1, 0.15) is 11.6 Å². The van der Waals surface area contributed by atoms with Gasteiger partial charge in [-0.05, 0) is 28.1 Å². The van der Waals surface area contributed by atoms with E-state index >= 15 is 0 Å². The SMILES string of the molecule is Cl.Fc1ccc(Br)c(F)c1[C@H]1COCCN1. The van der Waals surface area contributed by atoms with Crippen molar-refractivity contribution in [2.45, 2.75) is 6.04 Å². The van der Waals surface area contributed by atoms with E-state index in [0.29, 0.717) is 19.8 Å². The molecule has 1 aromatic rings. The molecule has 6 heteroatoms. The van der Waals surface area contributed by atoms with E-state index in [2.05, 4.69) is 21.2 Å². The summed E-state index contributed by atoms with van der Waals surface area (Å²) in [6.45, 7) is 1.48. The third-order valence-electron chi connectivity index (χ3n) is 2.35. The average molecular weight is 315 g/mol. The maximum Gasteiger partial charge on any atom is 0.145 e. The molecule has 2 rings (SSSR count). The van der Waals surface area contributed by atoms with Gasteiger partial charge in [-0.2, -0.15) is 0 Å². The third-order valence-corrected chi connectivity index (χ3v) is 2.96. The predicted octanol–water partition coefficient (Wildman–Crippen LogP) is 2.81. The third kappa shape index (κ3) is 2.71. The van der Waals surface area contributed by atoms with Crippen LogP contribution >= 0.6 is 28.3 Å². The van der Waals surface area contributed by atoms with Crippen LogP contribution in [-0.4, -0.2) is 19.8 Å². The van der Waals surface area contributed by atoms with Crippen LogP contribution < -0.4 is 5.32 Å². The van der Waals surface area contributed by atoms with Crippen LogP contribution in [0.2, 0.25) is 0 Å². The maximum absolute atomic E-state index is 13.7. The van der Waals surface area contributed by atoms with Gasteiger partial charge in [0.25, 0.3) is 0 Å². The summed E-state index contributed by atoms with van der Waals surface area (Å²) in [7, 11) is 0. The normalized spacial score (nSPS) is 20.3. The molecule has 0 aromatic heterocycles. The molecule has 0 saturated carbocycles. The largest absolute Gasteiger partial charge is 0.378 e. The highest BCUT2D eigenvalue weighted by Gasteiger charge is 2.23. The number of hydrogen-bond acceptors (Lipinski definition) is 2. The first kappa shape index (κ1) is 13.8. The van der Waals surface area contributed by atoms with Crippen molar-refractivity contribution in [3.05, 3.63) is 33.8 Å². The van der Waals surface area contributed by atoms with Gasteiger partial charge in [-0.3, -0.25) is 0 Å². The van der Waals surface area contributed by atoms with Crippen molar-refractivity contribution in [2.24, 2.45) is 0 Å². The van der Waals surface area contributed by atoms with E-state index in [0.717, 1.165) is 0 Å². The fourth-order valence-corrected chi connectivity index (χ4v) is 1.96. The fraction of sp³-hybridized carbons (Fsp3) is 0.400. The van der Waals surface area contributed by atoms with Gasteiger partial charge in [0.05, 0.1) is 23.7 Å². The zero-order valence-corrected chi connectivity index (χ0v) is 10.7. The van der Waals surface area contributed by atoms with E-state index < -0.39 is 17.7 Å². The Kier molecular flexibility index (Phi) is 5.11. The molecule has 0 amide bonds. The smallest absolute Gasteiger partial charge is 0.145 e. The second-order valence-corrected chi connectivity index (χ2v) is 4.19. The van der Waals surface area contributed by atoms with E-state index in [-0.39, 0.29) is 22.4 Å². The van der Waals surface area contributed by atoms with Crippen molar-refractivity contribution in [1.29, 1.82) is 0 Å². The topological polar surface area (TPSA) is 21.3 Å². The molecular formula is C10H11BrClF2NO. The quantitative estimate of drug-likeness (QED) is 0.805. The van der Waals surface area contributed by atoms with Crippen LogP contribution in [0.5, 0.6) is 0 Å². The van der Waals surface area contributed by atoms with Crippen LogP contribution in [0.3, 0.4) is 0 Å². The van der Waals surface area contributed by atoms with Crippen LogP contribution in [0.1, 0.15) is 11.6 Å². The Labute approximate surface area is 107 Å². The zero-order chi connectivity index (χ0) is 10.8. The van der Waals surface area contributed by atoms with Crippen LogP contribution in [-0.2, 0) is 4.74 Å². The van der Waals surface area contributed by atoms with Crippen LogP contribution in [0.25, 0.3) is 0 Å². The second-order valence-electron chi connectivity index (χ2n) is 3.34. The molecule has 0 aliphatic carbocycles. The number of ether oxygens (including phenoxy) is 1. The molecule has 2 nitrogen and oxygen atoms in total. The minimum atomic E-state index is -0.557. The van der Waals surface area contributed by atoms with Crippen molar-refractivity contribution in [3.63, 3.8) is 0 Å². The lowest BCUT2D eigenvalue weighted by Gasteiger charge is -2.25. The molecule has 90 valence electrons. The minimum absolute atomic E-state index is 0. The lowest BCUT2D eigenvalue weighted by Crippen LogP contribution is -2.35. The summed E-state index contributed by atoms with van der Waals surface area (Å²) in [5, 5.41) is 3.02. The highest BCUT2D eigenvalue weighted by Crippen LogP contribution is 2.27. The first-order valence-electron chi connectivity index (χ1n) is 4.64. The highest BCUT2D eigenvalue weighted by atomic mass is 79.9. The van der Waals surface area contributed by atoms with Gasteiger partial charge in [0.15, 0.2) is 0 Å².